The number of hydrogen-bond donors (Lipinski definition) is 0. The quantitative estimate of drug-likeness (QED) is 0.332. The van der Waals surface area contributed by atoms with E-state index in [0.29, 0.717) is 5.47 Å². The van der Waals surface area contributed by atoms with Crippen LogP contribution in [0.15, 0.2) is 11.7 Å². The van der Waals surface area contributed by atoms with Crippen LogP contribution in [-0.4, -0.2) is 18.3 Å². The maximum atomic E-state index is 5.11. The Balaban J connectivity index is 3.14. The summed E-state index contributed by atoms with van der Waals surface area (Å²) in [6, 6.07) is 0. The van der Waals surface area contributed by atoms with Crippen molar-refractivity contribution in [2.75, 3.05) is 0 Å². The van der Waals surface area contributed by atoms with Crippen molar-refractivity contribution in [2.45, 2.75) is 6.92 Å². The van der Waals surface area contributed by atoms with Crippen LogP contribution in [0.25, 0.3) is 0 Å². The van der Waals surface area contributed by atoms with Crippen molar-refractivity contribution in [2.24, 2.45) is 0 Å². The maximum Gasteiger partial charge on any atom is 0.340 e. The molecule has 0 aliphatic rings. The monoisotopic (exact) mass is 95.0 g/mol. The first-order valence-electron chi connectivity index (χ1n) is 1.52. The van der Waals surface area contributed by atoms with Gasteiger partial charge in [0.25, 0.3) is 0 Å². The molecule has 0 saturated carbocycles. The van der Waals surface area contributed by atoms with Crippen molar-refractivity contribution in [3.63, 3.8) is 0 Å². The second-order valence-corrected chi connectivity index (χ2v) is 1.22. The molecular weight excluding hydrogens is 90.9 g/mol. The average Bonchev–Trinajstić information content (AvgIpc) is 1.35. The van der Waals surface area contributed by atoms with Crippen LogP contribution in [0.3, 0.4) is 0 Å². The highest BCUT2D eigenvalue weighted by molar-refractivity contribution is 6.21. The van der Waals surface area contributed by atoms with E-state index in [-0.39, 0.29) is 0 Å². The van der Waals surface area contributed by atoms with Gasteiger partial charge in [0.1, 0.15) is 7.85 Å². The second kappa shape index (κ2) is 3.03. The Bertz CT molecular complexity index is 57.8. The Morgan fingerprint density at radius 1 is 2.00 bits per heavy atom. The Morgan fingerprint density at radius 3 is 2.50 bits per heavy atom. The molecule has 0 amide bonds. The van der Waals surface area contributed by atoms with E-state index in [4.69, 9.17) is 7.85 Å². The summed E-state index contributed by atoms with van der Waals surface area (Å²) < 4.78 is 4.32. The smallest absolute Gasteiger partial charge is 0.340 e. The Labute approximate surface area is 42.3 Å². The molecule has 3 heteroatoms. The normalized spacial score (nSPS) is 11.3. The van der Waals surface area contributed by atoms with Crippen LogP contribution in [0.5, 0.6) is 0 Å². The number of hydrogen-bond acceptors (Lipinski definition) is 1. The van der Waals surface area contributed by atoms with Crippen LogP contribution < -0.4 is 0 Å². The van der Waals surface area contributed by atoms with Crippen molar-refractivity contribution < 1.29 is 4.43 Å². The lowest BCUT2D eigenvalue weighted by Crippen LogP contribution is -1.73. The van der Waals surface area contributed by atoms with Gasteiger partial charge in [-0.15, -0.1) is 0 Å². The van der Waals surface area contributed by atoms with E-state index in [1.165, 1.54) is 6.26 Å². The zero-order chi connectivity index (χ0) is 4.99. The summed E-state index contributed by atoms with van der Waals surface area (Å²) in [4.78, 5) is 0. The minimum atomic E-state index is 0.644. The van der Waals surface area contributed by atoms with Crippen molar-refractivity contribution in [1.29, 1.82) is 0 Å². The average molecular weight is 95.0 g/mol. The minimum absolute atomic E-state index is 0.644. The van der Waals surface area contributed by atoms with Crippen molar-refractivity contribution in [3.05, 3.63) is 11.7 Å². The fourth-order valence-corrected chi connectivity index (χ4v) is 0.279. The van der Waals surface area contributed by atoms with Gasteiger partial charge in [-0.2, -0.15) is 0 Å². The topological polar surface area (TPSA) is 9.23 Å². The molecule has 0 N–H and O–H groups in total. The Hall–Kier alpha value is -0.178. The van der Waals surface area contributed by atoms with Gasteiger partial charge in [-0.3, -0.25) is 0 Å². The summed E-state index contributed by atoms with van der Waals surface area (Å²) >= 11 is 0. The van der Waals surface area contributed by atoms with Gasteiger partial charge >= 0.3 is 10.5 Å². The van der Waals surface area contributed by atoms with Crippen LogP contribution >= 0.6 is 0 Å². The number of allylic oxidation sites excluding steroid dienone is 1. The molecule has 0 aliphatic heterocycles. The molecule has 0 atom stereocenters. The molecule has 0 aliphatic carbocycles. The highest BCUT2D eigenvalue weighted by Crippen LogP contribution is 1.78. The molecule has 0 saturated heterocycles. The van der Waals surface area contributed by atoms with Crippen LogP contribution in [0.4, 0.5) is 0 Å². The van der Waals surface area contributed by atoms with Crippen molar-refractivity contribution in [1.82, 2.24) is 0 Å². The molecule has 29 valence electrons. The van der Waals surface area contributed by atoms with E-state index < -0.39 is 0 Å². The SMILES string of the molecule is [B]/C(C)=C\O[Si]. The standard InChI is InChI=1S/C3H4BOSi/c1-3(4)2-5-6/h2H,1H3/b3-2-. The van der Waals surface area contributed by atoms with Crippen LogP contribution in [-0.2, 0) is 4.43 Å². The zero-order valence-electron chi connectivity index (χ0n) is 3.56. The van der Waals surface area contributed by atoms with Crippen LogP contribution in [0, 0.1) is 0 Å². The third-order valence-electron chi connectivity index (χ3n) is 0.245. The van der Waals surface area contributed by atoms with E-state index in [1.807, 2.05) is 0 Å². The lowest BCUT2D eigenvalue weighted by molar-refractivity contribution is 0.532. The third-order valence-corrected chi connectivity index (χ3v) is 0.363. The highest BCUT2D eigenvalue weighted by Gasteiger charge is 1.67. The van der Waals surface area contributed by atoms with Gasteiger partial charge in [0.2, 0.25) is 0 Å². The molecule has 0 aromatic heterocycles. The van der Waals surface area contributed by atoms with E-state index in [1.54, 1.807) is 6.92 Å². The lowest BCUT2D eigenvalue weighted by Gasteiger charge is -1.85. The highest BCUT2D eigenvalue weighted by atomic mass is 28.2. The second-order valence-electron chi connectivity index (χ2n) is 0.980. The molecule has 0 rings (SSSR count). The molecule has 0 fully saturated rings. The summed E-state index contributed by atoms with van der Waals surface area (Å²) in [6.45, 7) is 1.74. The minimum Gasteiger partial charge on any atom is -0.547 e. The molecule has 0 aromatic rings. The van der Waals surface area contributed by atoms with Crippen LogP contribution in [0.1, 0.15) is 6.92 Å². The number of rotatable bonds is 1. The predicted octanol–water partition coefficient (Wildman–Crippen LogP) is 0.116. The largest absolute Gasteiger partial charge is 0.547 e. The summed E-state index contributed by atoms with van der Waals surface area (Å²) in [7, 11) is 7.84. The van der Waals surface area contributed by atoms with Gasteiger partial charge < -0.3 is 4.43 Å². The van der Waals surface area contributed by atoms with E-state index in [2.05, 4.69) is 14.9 Å². The van der Waals surface area contributed by atoms with Gasteiger partial charge in [-0.05, 0) is 0 Å². The molecule has 5 radical (unpaired) electrons. The fraction of sp³-hybridized carbons (Fsp3) is 0.333. The first-order chi connectivity index (χ1) is 2.77. The molecule has 0 aromatic carbocycles. The zero-order valence-corrected chi connectivity index (χ0v) is 4.56. The van der Waals surface area contributed by atoms with Gasteiger partial charge in [0.05, 0.1) is 6.26 Å². The first kappa shape index (κ1) is 5.82. The molecule has 1 nitrogen and oxygen atoms in total. The predicted molar refractivity (Wildman–Crippen MR) is 26.3 cm³/mol. The van der Waals surface area contributed by atoms with E-state index in [9.17, 15) is 0 Å². The summed E-state index contributed by atoms with van der Waals surface area (Å²) in [5.41, 5.74) is 0.644. The third kappa shape index (κ3) is 3.82. The molecule has 6 heavy (non-hydrogen) atoms. The van der Waals surface area contributed by atoms with Gasteiger partial charge in [-0.25, -0.2) is 0 Å². The summed E-state index contributed by atoms with van der Waals surface area (Å²) in [5.74, 6) is 0. The Morgan fingerprint density at radius 2 is 2.50 bits per heavy atom. The lowest BCUT2D eigenvalue weighted by atomic mass is 10.0. The van der Waals surface area contributed by atoms with E-state index in [0.717, 1.165) is 0 Å². The van der Waals surface area contributed by atoms with Gasteiger partial charge in [0, 0.05) is 0 Å². The van der Waals surface area contributed by atoms with Crippen molar-refractivity contribution in [3.8, 4) is 0 Å². The molecule has 0 bridgehead atoms. The molecule has 0 spiro atoms. The first-order valence-corrected chi connectivity index (χ1v) is 1.93. The molecule has 0 heterocycles. The van der Waals surface area contributed by atoms with Gasteiger partial charge in [0.15, 0.2) is 0 Å². The molecule has 0 unspecified atom stereocenters. The summed E-state index contributed by atoms with van der Waals surface area (Å²) in [6.07, 6.45) is 1.40. The fourth-order valence-electron chi connectivity index (χ4n) is 0.0929. The van der Waals surface area contributed by atoms with Crippen molar-refractivity contribution >= 4 is 18.3 Å². The summed E-state index contributed by atoms with van der Waals surface area (Å²) in [5, 5.41) is 0. The molecular formula is C3H4BOSi. The van der Waals surface area contributed by atoms with E-state index >= 15 is 0 Å². The maximum absolute atomic E-state index is 5.11. The Kier molecular flexibility index (Phi) is 2.94. The van der Waals surface area contributed by atoms with Gasteiger partial charge in [-0.1, -0.05) is 12.4 Å². The van der Waals surface area contributed by atoms with Crippen LogP contribution in [0.2, 0.25) is 0 Å².